The summed E-state index contributed by atoms with van der Waals surface area (Å²) >= 11 is 0. The van der Waals surface area contributed by atoms with Gasteiger partial charge in [-0.2, -0.15) is 0 Å². The van der Waals surface area contributed by atoms with Crippen LogP contribution < -0.4 is 5.32 Å². The van der Waals surface area contributed by atoms with Gasteiger partial charge < -0.3 is 20.3 Å². The highest BCUT2D eigenvalue weighted by Crippen LogP contribution is 2.19. The fraction of sp³-hybridized carbons (Fsp3) is 0.900. The molecule has 0 radical (unpaired) electrons. The van der Waals surface area contributed by atoms with Crippen LogP contribution in [0.2, 0.25) is 0 Å². The molecular weight excluding hydrogens is 1050 g/mol. The largest absolute Gasteiger partial charge is 0.466 e. The lowest BCUT2D eigenvalue weighted by atomic mass is 10.0. The molecule has 0 aliphatic heterocycles. The van der Waals surface area contributed by atoms with Crippen molar-refractivity contribution in [2.75, 3.05) is 13.2 Å². The third kappa shape index (κ3) is 71.2. The van der Waals surface area contributed by atoms with Crippen molar-refractivity contribution in [3.8, 4) is 0 Å². The molecule has 0 aromatic carbocycles. The summed E-state index contributed by atoms with van der Waals surface area (Å²) in [6, 6.07) is -0.539. The minimum atomic E-state index is -0.662. The van der Waals surface area contributed by atoms with E-state index in [2.05, 4.69) is 55.6 Å². The Balaban J connectivity index is 3.34. The van der Waals surface area contributed by atoms with Gasteiger partial charge in [-0.15, -0.1) is 0 Å². The first-order valence-electron chi connectivity index (χ1n) is 39.2. The first-order valence-corrected chi connectivity index (χ1v) is 39.2. The van der Waals surface area contributed by atoms with Crippen molar-refractivity contribution in [1.29, 1.82) is 0 Å². The van der Waals surface area contributed by atoms with Crippen LogP contribution in [0.3, 0.4) is 0 Å². The molecule has 6 heteroatoms. The van der Waals surface area contributed by atoms with E-state index in [9.17, 15) is 19.8 Å². The highest BCUT2D eigenvalue weighted by Gasteiger charge is 2.20. The van der Waals surface area contributed by atoms with Gasteiger partial charge in [0.2, 0.25) is 5.91 Å². The van der Waals surface area contributed by atoms with Gasteiger partial charge in [-0.25, -0.2) is 0 Å². The Labute approximate surface area is 538 Å². The fourth-order valence-electron chi connectivity index (χ4n) is 12.4. The minimum Gasteiger partial charge on any atom is -0.466 e. The van der Waals surface area contributed by atoms with Crippen molar-refractivity contribution in [3.63, 3.8) is 0 Å². The van der Waals surface area contributed by atoms with Crippen LogP contribution >= 0.6 is 0 Å². The van der Waals surface area contributed by atoms with Crippen LogP contribution in [0.25, 0.3) is 0 Å². The molecule has 0 bridgehead atoms. The molecule has 0 aromatic heterocycles. The van der Waals surface area contributed by atoms with Crippen LogP contribution in [0.1, 0.15) is 438 Å². The maximum absolute atomic E-state index is 12.5. The Bertz CT molecular complexity index is 1390. The Morgan fingerprint density at radius 1 is 0.326 bits per heavy atom. The van der Waals surface area contributed by atoms with E-state index in [1.165, 1.54) is 353 Å². The fourth-order valence-corrected chi connectivity index (χ4v) is 12.4. The number of hydrogen-bond donors (Lipinski definition) is 3. The lowest BCUT2D eigenvalue weighted by Crippen LogP contribution is -2.45. The molecular formula is C80H153NO5. The summed E-state index contributed by atoms with van der Waals surface area (Å²) in [6.45, 7) is 4.99. The van der Waals surface area contributed by atoms with Crippen LogP contribution in [0.15, 0.2) is 36.5 Å². The SMILES string of the molecule is CCCCCCCCC/C=C\CCCCCCCCCC(=O)OCCCCCCCCCCCCCCC/C=C\C/C=C\CCCCCCCCCCCCCCCCCCCC(=O)NC(CO)C(O)CCCCCCCCCCCCCCCC. The molecule has 2 atom stereocenters. The molecule has 1 amide bonds. The highest BCUT2D eigenvalue weighted by molar-refractivity contribution is 5.76. The number of carbonyl (C=O) groups is 2. The maximum atomic E-state index is 12.5. The smallest absolute Gasteiger partial charge is 0.305 e. The minimum absolute atomic E-state index is 0.0165. The van der Waals surface area contributed by atoms with E-state index in [1.54, 1.807) is 0 Å². The van der Waals surface area contributed by atoms with E-state index in [4.69, 9.17) is 4.74 Å². The van der Waals surface area contributed by atoms with E-state index in [-0.39, 0.29) is 18.5 Å². The number of esters is 1. The number of rotatable bonds is 74. The molecule has 0 heterocycles. The van der Waals surface area contributed by atoms with Crippen LogP contribution in [0.4, 0.5) is 0 Å². The summed E-state index contributed by atoms with van der Waals surface area (Å²) in [5, 5.41) is 23.3. The number of aliphatic hydroxyl groups excluding tert-OH is 2. The van der Waals surface area contributed by atoms with E-state index in [0.717, 1.165) is 51.4 Å². The molecule has 0 rings (SSSR count). The Morgan fingerprint density at radius 3 is 0.895 bits per heavy atom. The molecule has 508 valence electrons. The number of allylic oxidation sites excluding steroid dienone is 6. The van der Waals surface area contributed by atoms with Gasteiger partial charge in [0, 0.05) is 12.8 Å². The third-order valence-electron chi connectivity index (χ3n) is 18.4. The summed E-state index contributed by atoms with van der Waals surface area (Å²) in [7, 11) is 0. The van der Waals surface area contributed by atoms with Crippen LogP contribution in [-0.4, -0.2) is 47.4 Å². The van der Waals surface area contributed by atoms with Crippen molar-refractivity contribution in [3.05, 3.63) is 36.5 Å². The number of aliphatic hydroxyl groups is 2. The number of unbranched alkanes of at least 4 members (excludes halogenated alkanes) is 57. The van der Waals surface area contributed by atoms with Crippen molar-refractivity contribution >= 4 is 11.9 Å². The Hall–Kier alpha value is -1.92. The standard InChI is InChI=1S/C80H153NO5/c1-3-5-7-9-11-13-15-17-19-20-43-46-50-54-58-62-66-70-74-80(85)86-75-71-67-63-59-55-51-47-44-41-39-37-35-33-31-29-27-25-23-21-22-24-26-28-30-32-34-36-38-40-42-45-49-53-57-61-65-69-73-79(84)81-77(76-82)78(83)72-68-64-60-56-52-48-18-16-14-12-10-8-6-4-2/h19-21,23,27,29,77-78,82-83H,3-18,22,24-26,28,30-76H2,1-2H3,(H,81,84)/b20-19-,23-21-,29-27-. The molecule has 0 spiro atoms. The maximum Gasteiger partial charge on any atom is 0.305 e. The molecule has 0 saturated carbocycles. The van der Waals surface area contributed by atoms with Gasteiger partial charge in [0.1, 0.15) is 0 Å². The number of ether oxygens (including phenoxy) is 1. The first-order chi connectivity index (χ1) is 42.5. The number of nitrogens with one attached hydrogen (secondary N) is 1. The van der Waals surface area contributed by atoms with E-state index >= 15 is 0 Å². The zero-order valence-electron chi connectivity index (χ0n) is 58.3. The molecule has 0 aromatic rings. The third-order valence-corrected chi connectivity index (χ3v) is 18.4. The second-order valence-corrected chi connectivity index (χ2v) is 27.0. The van der Waals surface area contributed by atoms with Gasteiger partial charge >= 0.3 is 5.97 Å². The summed E-state index contributed by atoms with van der Waals surface area (Å²) in [5.41, 5.74) is 0. The monoisotopic (exact) mass is 1210 g/mol. The van der Waals surface area contributed by atoms with E-state index in [1.807, 2.05) is 0 Å². The summed E-state index contributed by atoms with van der Waals surface area (Å²) in [5.74, 6) is -0.0130. The molecule has 6 nitrogen and oxygen atoms in total. The molecule has 0 saturated heterocycles. The van der Waals surface area contributed by atoms with Gasteiger partial charge in [-0.05, 0) is 83.5 Å². The average molecular weight is 1210 g/mol. The van der Waals surface area contributed by atoms with Gasteiger partial charge in [-0.1, -0.05) is 378 Å². The van der Waals surface area contributed by atoms with E-state index in [0.29, 0.717) is 25.9 Å². The molecule has 0 fully saturated rings. The predicted molar refractivity (Wildman–Crippen MR) is 379 cm³/mol. The Kier molecular flexibility index (Phi) is 73.9. The molecule has 2 unspecified atom stereocenters. The summed E-state index contributed by atoms with van der Waals surface area (Å²) in [4.78, 5) is 24.6. The molecule has 0 aliphatic rings. The van der Waals surface area contributed by atoms with Crippen molar-refractivity contribution in [2.24, 2.45) is 0 Å². The number of amides is 1. The quantitative estimate of drug-likeness (QED) is 0.0320. The molecule has 86 heavy (non-hydrogen) atoms. The first kappa shape index (κ1) is 84.1. The number of carbonyl (C=O) groups excluding carboxylic acids is 2. The van der Waals surface area contributed by atoms with Crippen LogP contribution in [0.5, 0.6) is 0 Å². The van der Waals surface area contributed by atoms with Gasteiger partial charge in [0.15, 0.2) is 0 Å². The van der Waals surface area contributed by atoms with E-state index < -0.39 is 12.1 Å². The normalized spacial score (nSPS) is 12.7. The zero-order chi connectivity index (χ0) is 62.0. The zero-order valence-corrected chi connectivity index (χ0v) is 58.3. The second kappa shape index (κ2) is 75.5. The van der Waals surface area contributed by atoms with Gasteiger partial charge in [0.05, 0.1) is 25.4 Å². The average Bonchev–Trinajstić information content (AvgIpc) is 3.51. The van der Waals surface area contributed by atoms with Crippen LogP contribution in [0, 0.1) is 0 Å². The van der Waals surface area contributed by atoms with Crippen molar-refractivity contribution in [2.45, 2.75) is 450 Å². The predicted octanol–water partition coefficient (Wildman–Crippen LogP) is 25.8. The van der Waals surface area contributed by atoms with Gasteiger partial charge in [0.25, 0.3) is 0 Å². The summed E-state index contributed by atoms with van der Waals surface area (Å²) in [6.07, 6.45) is 98.1. The topological polar surface area (TPSA) is 95.9 Å². The van der Waals surface area contributed by atoms with Crippen molar-refractivity contribution in [1.82, 2.24) is 5.32 Å². The highest BCUT2D eigenvalue weighted by atomic mass is 16.5. The molecule has 3 N–H and O–H groups in total. The van der Waals surface area contributed by atoms with Crippen molar-refractivity contribution < 1.29 is 24.5 Å². The Morgan fingerprint density at radius 2 is 0.581 bits per heavy atom. The lowest BCUT2D eigenvalue weighted by molar-refractivity contribution is -0.143. The summed E-state index contributed by atoms with van der Waals surface area (Å²) < 4.78 is 5.51. The van der Waals surface area contributed by atoms with Crippen LogP contribution in [-0.2, 0) is 14.3 Å². The number of hydrogen-bond acceptors (Lipinski definition) is 5. The van der Waals surface area contributed by atoms with Gasteiger partial charge in [-0.3, -0.25) is 9.59 Å². The second-order valence-electron chi connectivity index (χ2n) is 27.0. The molecule has 0 aliphatic carbocycles. The lowest BCUT2D eigenvalue weighted by Gasteiger charge is -2.22.